The highest BCUT2D eigenvalue weighted by Crippen LogP contribution is 2.27. The number of fused-ring (bicyclic) bond motifs is 1. The number of nitrogens with zero attached hydrogens (tertiary/aromatic N) is 4. The van der Waals surface area contributed by atoms with E-state index in [4.69, 9.17) is 4.74 Å². The van der Waals surface area contributed by atoms with Gasteiger partial charge in [-0.25, -0.2) is 9.97 Å². The van der Waals surface area contributed by atoms with Gasteiger partial charge >= 0.3 is 0 Å². The summed E-state index contributed by atoms with van der Waals surface area (Å²) in [5.41, 5.74) is 1.38. The molecule has 10 heteroatoms. The van der Waals surface area contributed by atoms with E-state index in [1.54, 1.807) is 37.0 Å². The van der Waals surface area contributed by atoms with Crippen LogP contribution >= 0.6 is 0 Å². The van der Waals surface area contributed by atoms with Crippen LogP contribution in [0, 0.1) is 0 Å². The van der Waals surface area contributed by atoms with E-state index in [1.165, 1.54) is 6.20 Å². The van der Waals surface area contributed by atoms with Gasteiger partial charge in [-0.3, -0.25) is 4.79 Å². The lowest BCUT2D eigenvalue weighted by molar-refractivity contribution is 0.0874. The summed E-state index contributed by atoms with van der Waals surface area (Å²) < 4.78 is 6.83. The smallest absolute Gasteiger partial charge is 0.257 e. The molecule has 0 radical (unpaired) electrons. The van der Waals surface area contributed by atoms with E-state index in [9.17, 15) is 9.90 Å². The summed E-state index contributed by atoms with van der Waals surface area (Å²) in [6, 6.07) is 5.13. The van der Waals surface area contributed by atoms with Gasteiger partial charge in [0.1, 0.15) is 22.9 Å². The minimum Gasteiger partial charge on any atom is -0.480 e. The van der Waals surface area contributed by atoms with Crippen LogP contribution in [0.15, 0.2) is 30.6 Å². The molecule has 3 aromatic rings. The number of aromatic nitrogens is 4. The van der Waals surface area contributed by atoms with Gasteiger partial charge < -0.3 is 25.8 Å². The Morgan fingerprint density at radius 3 is 2.97 bits per heavy atom. The standard InChI is InChI=1S/C19H23N7O3/c1-20-16-9-15(23-13-6-4-8-21-19(13)29-2)25-17-11(10-22-26(16)17)18(28)24-12-5-3-7-14(12)27/h4,6,8-10,12,14,20,27H,3,5,7H2,1-2H3,(H,23,25)(H,24,28)/t12?,14-/m1/s1. The summed E-state index contributed by atoms with van der Waals surface area (Å²) >= 11 is 0. The van der Waals surface area contributed by atoms with Gasteiger partial charge in [0.05, 0.1) is 25.5 Å². The van der Waals surface area contributed by atoms with Crippen molar-refractivity contribution in [2.75, 3.05) is 24.8 Å². The number of carbonyl (C=O) groups is 1. The molecule has 152 valence electrons. The van der Waals surface area contributed by atoms with Crippen LogP contribution in [0.1, 0.15) is 29.6 Å². The normalized spacial score (nSPS) is 18.6. The van der Waals surface area contributed by atoms with Crippen molar-refractivity contribution in [3.8, 4) is 5.88 Å². The summed E-state index contributed by atoms with van der Waals surface area (Å²) in [6.07, 6.45) is 4.95. The van der Waals surface area contributed by atoms with E-state index in [0.717, 1.165) is 12.8 Å². The number of pyridine rings is 1. The van der Waals surface area contributed by atoms with Crippen molar-refractivity contribution < 1.29 is 14.6 Å². The molecule has 3 aromatic heterocycles. The van der Waals surface area contributed by atoms with Gasteiger partial charge in [0.15, 0.2) is 5.65 Å². The van der Waals surface area contributed by atoms with Crippen molar-refractivity contribution in [3.05, 3.63) is 36.2 Å². The molecule has 0 saturated heterocycles. The predicted molar refractivity (Wildman–Crippen MR) is 108 cm³/mol. The van der Waals surface area contributed by atoms with Crippen molar-refractivity contribution in [2.24, 2.45) is 0 Å². The minimum absolute atomic E-state index is 0.248. The molecule has 10 nitrogen and oxygen atoms in total. The van der Waals surface area contributed by atoms with E-state index in [2.05, 4.69) is 31.0 Å². The number of methoxy groups -OCH3 is 1. The maximum Gasteiger partial charge on any atom is 0.257 e. The lowest BCUT2D eigenvalue weighted by atomic mass is 10.2. The van der Waals surface area contributed by atoms with Crippen molar-refractivity contribution in [2.45, 2.75) is 31.4 Å². The molecule has 3 heterocycles. The fourth-order valence-corrected chi connectivity index (χ4v) is 3.51. The molecule has 1 aliphatic rings. The molecular formula is C19H23N7O3. The largest absolute Gasteiger partial charge is 0.480 e. The van der Waals surface area contributed by atoms with Gasteiger partial charge in [0, 0.05) is 19.3 Å². The zero-order valence-corrected chi connectivity index (χ0v) is 16.2. The number of carbonyl (C=O) groups excluding carboxylic acids is 1. The molecule has 1 aliphatic carbocycles. The Morgan fingerprint density at radius 1 is 1.38 bits per heavy atom. The lowest BCUT2D eigenvalue weighted by Gasteiger charge is -2.16. The minimum atomic E-state index is -0.517. The molecule has 1 amide bonds. The second-order valence-corrected chi connectivity index (χ2v) is 6.83. The van der Waals surface area contributed by atoms with Crippen LogP contribution in [0.2, 0.25) is 0 Å². The first-order chi connectivity index (χ1) is 14.1. The monoisotopic (exact) mass is 397 g/mol. The SMILES string of the molecule is CNc1cc(Nc2cccnc2OC)nc2c(C(=O)NC3CCC[C@H]3O)cnn12. The van der Waals surface area contributed by atoms with Gasteiger partial charge in [0.2, 0.25) is 5.88 Å². The third-order valence-electron chi connectivity index (χ3n) is 5.00. The molecule has 0 spiro atoms. The molecule has 0 aliphatic heterocycles. The molecule has 0 aromatic carbocycles. The van der Waals surface area contributed by atoms with Gasteiger partial charge in [-0.2, -0.15) is 9.61 Å². The number of anilines is 3. The zero-order chi connectivity index (χ0) is 20.4. The molecule has 0 bridgehead atoms. The summed E-state index contributed by atoms with van der Waals surface area (Å²) in [5.74, 6) is 1.28. The van der Waals surface area contributed by atoms with Gasteiger partial charge in [0.25, 0.3) is 5.91 Å². The first kappa shape index (κ1) is 18.9. The number of hydrogen-bond donors (Lipinski definition) is 4. The average molecular weight is 397 g/mol. The summed E-state index contributed by atoms with van der Waals surface area (Å²) in [4.78, 5) is 21.5. The third kappa shape index (κ3) is 3.66. The first-order valence-corrected chi connectivity index (χ1v) is 9.42. The highest BCUT2D eigenvalue weighted by molar-refractivity contribution is 6.00. The third-order valence-corrected chi connectivity index (χ3v) is 5.00. The van der Waals surface area contributed by atoms with Crippen molar-refractivity contribution in [1.82, 2.24) is 24.9 Å². The fourth-order valence-electron chi connectivity index (χ4n) is 3.51. The number of amides is 1. The molecule has 4 N–H and O–H groups in total. The number of aliphatic hydroxyl groups is 1. The fraction of sp³-hybridized carbons (Fsp3) is 0.368. The number of rotatable bonds is 6. The summed E-state index contributed by atoms with van der Waals surface area (Å²) in [5, 5.41) is 23.4. The summed E-state index contributed by atoms with van der Waals surface area (Å²) in [6.45, 7) is 0. The molecular weight excluding hydrogens is 374 g/mol. The lowest BCUT2D eigenvalue weighted by Crippen LogP contribution is -2.39. The second-order valence-electron chi connectivity index (χ2n) is 6.83. The Morgan fingerprint density at radius 2 is 2.24 bits per heavy atom. The van der Waals surface area contributed by atoms with Gasteiger partial charge in [-0.15, -0.1) is 0 Å². The second kappa shape index (κ2) is 7.92. The van der Waals surface area contributed by atoms with Crippen LogP contribution in [-0.2, 0) is 0 Å². The van der Waals surface area contributed by atoms with E-state index in [0.29, 0.717) is 40.8 Å². The van der Waals surface area contributed by atoms with E-state index in [1.807, 2.05) is 6.07 Å². The maximum atomic E-state index is 12.8. The van der Waals surface area contributed by atoms with Crippen LogP contribution < -0.4 is 20.7 Å². The number of nitrogens with one attached hydrogen (secondary N) is 3. The molecule has 4 rings (SSSR count). The Kier molecular flexibility index (Phi) is 5.17. The van der Waals surface area contributed by atoms with Crippen molar-refractivity contribution in [1.29, 1.82) is 0 Å². The predicted octanol–water partition coefficient (Wildman–Crippen LogP) is 1.56. The molecule has 1 unspecified atom stereocenters. The van der Waals surface area contributed by atoms with Crippen molar-refractivity contribution in [3.63, 3.8) is 0 Å². The quantitative estimate of drug-likeness (QED) is 0.494. The number of hydrogen-bond acceptors (Lipinski definition) is 8. The van der Waals surface area contributed by atoms with Gasteiger partial charge in [-0.1, -0.05) is 0 Å². The molecule has 29 heavy (non-hydrogen) atoms. The van der Waals surface area contributed by atoms with Crippen LogP contribution in [0.5, 0.6) is 5.88 Å². The molecule has 1 saturated carbocycles. The van der Waals surface area contributed by atoms with Gasteiger partial charge in [-0.05, 0) is 31.4 Å². The average Bonchev–Trinajstić information content (AvgIpc) is 3.34. The topological polar surface area (TPSA) is 126 Å². The number of aliphatic hydroxyl groups excluding tert-OH is 1. The van der Waals surface area contributed by atoms with E-state index >= 15 is 0 Å². The first-order valence-electron chi connectivity index (χ1n) is 9.42. The van der Waals surface area contributed by atoms with Crippen LogP contribution in [0.4, 0.5) is 17.3 Å². The van der Waals surface area contributed by atoms with Crippen LogP contribution in [-0.4, -0.2) is 56.9 Å². The molecule has 1 fully saturated rings. The zero-order valence-electron chi connectivity index (χ0n) is 16.2. The Bertz CT molecular complexity index is 1040. The van der Waals surface area contributed by atoms with Crippen LogP contribution in [0.3, 0.4) is 0 Å². The van der Waals surface area contributed by atoms with Crippen molar-refractivity contribution >= 4 is 28.9 Å². The molecule has 2 atom stereocenters. The Balaban J connectivity index is 1.68. The summed E-state index contributed by atoms with van der Waals surface area (Å²) in [7, 11) is 3.31. The van der Waals surface area contributed by atoms with Crippen LogP contribution in [0.25, 0.3) is 5.65 Å². The van der Waals surface area contributed by atoms with E-state index in [-0.39, 0.29) is 11.9 Å². The highest BCUT2D eigenvalue weighted by atomic mass is 16.5. The van der Waals surface area contributed by atoms with E-state index < -0.39 is 6.10 Å². The highest BCUT2D eigenvalue weighted by Gasteiger charge is 2.28. The Hall–Kier alpha value is -3.40. The number of ether oxygens (including phenoxy) is 1. The maximum absolute atomic E-state index is 12.8. The Labute approximate surface area is 167 Å².